The summed E-state index contributed by atoms with van der Waals surface area (Å²) < 4.78 is 13.1. The summed E-state index contributed by atoms with van der Waals surface area (Å²) in [6.45, 7) is 8.74. The Balaban J connectivity index is 0.00000117. The summed E-state index contributed by atoms with van der Waals surface area (Å²) in [7, 11) is 0. The maximum absolute atomic E-state index is 13.1. The minimum Gasteiger partial charge on any atom is -0.404 e. The first-order valence-electron chi connectivity index (χ1n) is 9.76. The molecule has 140 valence electrons. The van der Waals surface area contributed by atoms with Gasteiger partial charge in [0.15, 0.2) is 0 Å². The molecule has 0 aromatic heterocycles. The van der Waals surface area contributed by atoms with Crippen LogP contribution in [0, 0.1) is 23.1 Å². The summed E-state index contributed by atoms with van der Waals surface area (Å²) in [6, 6.07) is 6.46. The summed E-state index contributed by atoms with van der Waals surface area (Å²) in [4.78, 5) is 0. The van der Waals surface area contributed by atoms with Crippen molar-refractivity contribution in [3.8, 4) is 0 Å². The van der Waals surface area contributed by atoms with E-state index in [-0.39, 0.29) is 5.82 Å². The Kier molecular flexibility index (Phi) is 7.02. The van der Waals surface area contributed by atoms with Gasteiger partial charge in [0.25, 0.3) is 0 Å². The Morgan fingerprint density at radius 2 is 1.92 bits per heavy atom. The van der Waals surface area contributed by atoms with Crippen molar-refractivity contribution in [3.05, 3.63) is 77.8 Å². The molecule has 3 atom stereocenters. The van der Waals surface area contributed by atoms with Crippen LogP contribution in [0.25, 0.3) is 5.57 Å². The normalized spacial score (nSPS) is 27.7. The Hall–Kier alpha value is -2.09. The molecule has 1 saturated carbocycles. The summed E-state index contributed by atoms with van der Waals surface area (Å²) in [5.74, 6) is 1.14. The molecule has 1 nitrogen and oxygen atoms in total. The largest absolute Gasteiger partial charge is 0.404 e. The quantitative estimate of drug-likeness (QED) is 0.589. The average molecular weight is 354 g/mol. The van der Waals surface area contributed by atoms with Crippen molar-refractivity contribution in [1.29, 1.82) is 0 Å². The topological polar surface area (TPSA) is 26.0 Å². The van der Waals surface area contributed by atoms with E-state index in [0.717, 1.165) is 29.9 Å². The van der Waals surface area contributed by atoms with Gasteiger partial charge in [-0.05, 0) is 59.8 Å². The van der Waals surface area contributed by atoms with Gasteiger partial charge >= 0.3 is 0 Å². The van der Waals surface area contributed by atoms with Crippen molar-refractivity contribution in [1.82, 2.24) is 0 Å². The van der Waals surface area contributed by atoms with Gasteiger partial charge in [-0.1, -0.05) is 75.8 Å². The fraction of sp³-hybridized carbons (Fsp3) is 0.417. The Labute approximate surface area is 158 Å². The van der Waals surface area contributed by atoms with Gasteiger partial charge in [-0.25, -0.2) is 4.39 Å². The van der Waals surface area contributed by atoms with Gasteiger partial charge in [-0.3, -0.25) is 0 Å². The lowest BCUT2D eigenvalue weighted by Crippen LogP contribution is -2.14. The third kappa shape index (κ3) is 4.55. The van der Waals surface area contributed by atoms with Crippen LogP contribution in [0.5, 0.6) is 0 Å². The number of nitrogens with two attached hydrogens (primary N) is 1. The molecule has 2 N–H and O–H groups in total. The molecule has 2 aliphatic rings. The van der Waals surface area contributed by atoms with Gasteiger partial charge in [0.2, 0.25) is 0 Å². The van der Waals surface area contributed by atoms with Crippen molar-refractivity contribution >= 4 is 5.57 Å². The second-order valence-corrected chi connectivity index (χ2v) is 7.27. The molecule has 2 aliphatic carbocycles. The van der Waals surface area contributed by atoms with E-state index in [1.54, 1.807) is 23.9 Å². The lowest BCUT2D eigenvalue weighted by atomic mass is 9.79. The maximum Gasteiger partial charge on any atom is 0.123 e. The Morgan fingerprint density at radius 1 is 1.27 bits per heavy atom. The van der Waals surface area contributed by atoms with Crippen molar-refractivity contribution < 1.29 is 4.39 Å². The number of benzene rings is 1. The van der Waals surface area contributed by atoms with Crippen molar-refractivity contribution in [3.63, 3.8) is 0 Å². The second-order valence-electron chi connectivity index (χ2n) is 7.27. The lowest BCUT2D eigenvalue weighted by molar-refractivity contribution is 0.489. The molecular weight excluding hydrogens is 321 g/mol. The monoisotopic (exact) mass is 353 g/mol. The standard InChI is InChI=1S/C22H26FN.C2H6/c1-16-14-22(16,2)21-9-4-3-6-18(21)7-5-8-19(15-24)17-10-12-20(23)13-11-17;1-2/h3-5,8-13,15-16,18H,6-7,14,24H2,1-2H3;1-2H3/b8-5-,19-15+;. The number of hydrogen-bond acceptors (Lipinski definition) is 1. The fourth-order valence-corrected chi connectivity index (χ4v) is 3.79. The molecule has 0 saturated heterocycles. The Bertz CT molecular complexity index is 708. The van der Waals surface area contributed by atoms with E-state index in [1.807, 2.05) is 13.8 Å². The van der Waals surface area contributed by atoms with Crippen LogP contribution in [0.1, 0.15) is 52.5 Å². The molecular formula is C24H32FN. The second kappa shape index (κ2) is 9.02. The minimum absolute atomic E-state index is 0.227. The van der Waals surface area contributed by atoms with Gasteiger partial charge < -0.3 is 5.73 Å². The number of rotatable bonds is 5. The summed E-state index contributed by atoms with van der Waals surface area (Å²) in [6.07, 6.45) is 16.1. The maximum atomic E-state index is 13.1. The van der Waals surface area contributed by atoms with E-state index in [2.05, 4.69) is 44.2 Å². The van der Waals surface area contributed by atoms with Crippen LogP contribution in [0.4, 0.5) is 4.39 Å². The number of allylic oxidation sites excluding steroid dienone is 7. The van der Waals surface area contributed by atoms with Crippen LogP contribution in [-0.2, 0) is 0 Å². The zero-order chi connectivity index (χ0) is 19.2. The SMILES string of the molecule is CC.CC1CC1(C)C1=CC=CCC1C/C=C\C(=C/N)c1ccc(F)cc1. The van der Waals surface area contributed by atoms with Crippen molar-refractivity contribution in [2.24, 2.45) is 23.0 Å². The third-order valence-electron chi connectivity index (χ3n) is 5.66. The van der Waals surface area contributed by atoms with Crippen LogP contribution in [0.15, 0.2) is 66.4 Å². The zero-order valence-electron chi connectivity index (χ0n) is 16.5. The Morgan fingerprint density at radius 3 is 2.50 bits per heavy atom. The van der Waals surface area contributed by atoms with E-state index in [0.29, 0.717) is 11.3 Å². The molecule has 2 heteroatoms. The van der Waals surface area contributed by atoms with Crippen LogP contribution in [0.3, 0.4) is 0 Å². The average Bonchev–Trinajstić information content (AvgIpc) is 3.29. The number of hydrogen-bond donors (Lipinski definition) is 1. The first kappa shape index (κ1) is 20.2. The van der Waals surface area contributed by atoms with Crippen LogP contribution >= 0.6 is 0 Å². The van der Waals surface area contributed by atoms with Gasteiger partial charge in [-0.15, -0.1) is 0 Å². The zero-order valence-corrected chi connectivity index (χ0v) is 16.5. The molecule has 3 rings (SSSR count). The van der Waals surface area contributed by atoms with E-state index in [9.17, 15) is 4.39 Å². The molecule has 0 spiro atoms. The van der Waals surface area contributed by atoms with Crippen molar-refractivity contribution in [2.45, 2.75) is 47.0 Å². The molecule has 0 bridgehead atoms. The highest BCUT2D eigenvalue weighted by Crippen LogP contribution is 2.60. The summed E-state index contributed by atoms with van der Waals surface area (Å²) >= 11 is 0. The smallest absolute Gasteiger partial charge is 0.123 e. The molecule has 0 amide bonds. The minimum atomic E-state index is -0.227. The van der Waals surface area contributed by atoms with Gasteiger partial charge in [-0.2, -0.15) is 0 Å². The predicted molar refractivity (Wildman–Crippen MR) is 111 cm³/mol. The van der Waals surface area contributed by atoms with Gasteiger partial charge in [0.05, 0.1) is 0 Å². The highest BCUT2D eigenvalue weighted by Gasteiger charge is 2.50. The van der Waals surface area contributed by atoms with E-state index >= 15 is 0 Å². The van der Waals surface area contributed by atoms with E-state index < -0.39 is 0 Å². The van der Waals surface area contributed by atoms with Crippen molar-refractivity contribution in [2.75, 3.05) is 0 Å². The molecule has 0 aliphatic heterocycles. The molecule has 0 radical (unpaired) electrons. The first-order chi connectivity index (χ1) is 12.5. The summed E-state index contributed by atoms with van der Waals surface area (Å²) in [5.41, 5.74) is 9.62. The van der Waals surface area contributed by atoms with Crippen LogP contribution in [-0.4, -0.2) is 0 Å². The fourth-order valence-electron chi connectivity index (χ4n) is 3.79. The third-order valence-corrected chi connectivity index (χ3v) is 5.66. The summed E-state index contributed by atoms with van der Waals surface area (Å²) in [5, 5.41) is 0. The van der Waals surface area contributed by atoms with Gasteiger partial charge in [0.1, 0.15) is 5.82 Å². The molecule has 26 heavy (non-hydrogen) atoms. The van der Waals surface area contributed by atoms with Crippen LogP contribution in [0.2, 0.25) is 0 Å². The molecule has 3 unspecified atom stereocenters. The van der Waals surface area contributed by atoms with Crippen LogP contribution < -0.4 is 5.73 Å². The highest BCUT2D eigenvalue weighted by molar-refractivity contribution is 5.73. The number of halogens is 1. The van der Waals surface area contributed by atoms with E-state index in [1.165, 1.54) is 18.6 Å². The molecule has 1 aromatic carbocycles. The first-order valence-corrected chi connectivity index (χ1v) is 9.76. The highest BCUT2D eigenvalue weighted by atomic mass is 19.1. The molecule has 1 aromatic rings. The molecule has 1 fully saturated rings. The van der Waals surface area contributed by atoms with E-state index in [4.69, 9.17) is 5.73 Å². The van der Waals surface area contributed by atoms with Gasteiger partial charge in [0, 0.05) is 6.20 Å². The lowest BCUT2D eigenvalue weighted by Gasteiger charge is -2.26. The predicted octanol–water partition coefficient (Wildman–Crippen LogP) is 6.65. The molecule has 0 heterocycles.